The Labute approximate surface area is 93.6 Å². The quantitative estimate of drug-likeness (QED) is 0.636. The van der Waals surface area contributed by atoms with Crippen LogP contribution in [-0.4, -0.2) is 22.5 Å². The van der Waals surface area contributed by atoms with Crippen molar-refractivity contribution in [2.24, 2.45) is 0 Å². The molecule has 0 bridgehead atoms. The lowest BCUT2D eigenvalue weighted by molar-refractivity contribution is -0.304. The highest BCUT2D eigenvalue weighted by Gasteiger charge is 2.34. The molecule has 0 aromatic heterocycles. The lowest BCUT2D eigenvalue weighted by Gasteiger charge is -2.08. The molecule has 0 saturated heterocycles. The molecule has 1 aromatic rings. The second-order valence-electron chi connectivity index (χ2n) is 2.95. The van der Waals surface area contributed by atoms with E-state index in [0.717, 1.165) is 0 Å². The molecule has 0 amide bonds. The Kier molecular flexibility index (Phi) is 3.62. The van der Waals surface area contributed by atoms with Gasteiger partial charge in [0.25, 0.3) is 0 Å². The number of hydrogen-bond acceptors (Lipinski definition) is 3. The number of halogens is 3. The van der Waals surface area contributed by atoms with Gasteiger partial charge in [-0.3, -0.25) is 0 Å². The molecule has 17 heavy (non-hydrogen) atoms. The summed E-state index contributed by atoms with van der Waals surface area (Å²) in [7, 11) is 0. The van der Waals surface area contributed by atoms with Crippen LogP contribution in [-0.2, 0) is 9.53 Å². The average Bonchev–Trinajstić information content (AvgIpc) is 2.18. The van der Waals surface area contributed by atoms with Gasteiger partial charge in [0.15, 0.2) is 0 Å². The van der Waals surface area contributed by atoms with E-state index < -0.39 is 18.1 Å². The zero-order valence-corrected chi connectivity index (χ0v) is 8.23. The van der Waals surface area contributed by atoms with Crippen molar-refractivity contribution < 1.29 is 32.9 Å². The molecule has 0 heterocycles. The van der Waals surface area contributed by atoms with Crippen LogP contribution in [0.25, 0.3) is 6.08 Å². The van der Waals surface area contributed by atoms with Gasteiger partial charge in [0.2, 0.25) is 5.76 Å². The van der Waals surface area contributed by atoms with Gasteiger partial charge in [0.05, 0.1) is 0 Å². The Morgan fingerprint density at radius 2 is 1.76 bits per heavy atom. The maximum Gasteiger partial charge on any atom is 0.573 e. The number of rotatable bonds is 3. The number of benzene rings is 1. The normalized spacial score (nSPS) is 12.3. The number of carboxylic acid groups (broad SMARTS) is 1. The van der Waals surface area contributed by atoms with Crippen molar-refractivity contribution in [1.29, 1.82) is 0 Å². The maximum absolute atomic E-state index is 11.9. The minimum atomic E-state index is -5.07. The van der Waals surface area contributed by atoms with E-state index in [1.165, 1.54) is 24.3 Å². The number of alkyl halides is 3. The lowest BCUT2D eigenvalue weighted by atomic mass is 10.2. The third-order valence-electron chi connectivity index (χ3n) is 1.63. The van der Waals surface area contributed by atoms with E-state index in [4.69, 9.17) is 10.2 Å². The van der Waals surface area contributed by atoms with Crippen LogP contribution < -0.4 is 0 Å². The fourth-order valence-corrected chi connectivity index (χ4v) is 0.981. The van der Waals surface area contributed by atoms with Crippen LogP contribution in [0.15, 0.2) is 30.0 Å². The number of ether oxygens (including phenoxy) is 1. The molecule has 2 N–H and O–H groups in total. The van der Waals surface area contributed by atoms with Crippen LogP contribution >= 0.6 is 0 Å². The van der Waals surface area contributed by atoms with Crippen LogP contribution in [0.5, 0.6) is 5.75 Å². The van der Waals surface area contributed by atoms with Crippen LogP contribution in [0.4, 0.5) is 13.2 Å². The Balaban J connectivity index is 2.98. The fraction of sp³-hybridized carbons (Fsp3) is 0.100. The van der Waals surface area contributed by atoms with E-state index >= 15 is 0 Å². The number of carboxylic acids is 1. The fourth-order valence-electron chi connectivity index (χ4n) is 0.981. The highest BCUT2D eigenvalue weighted by atomic mass is 19.4. The van der Waals surface area contributed by atoms with E-state index in [9.17, 15) is 18.0 Å². The first kappa shape index (κ1) is 12.9. The highest BCUT2D eigenvalue weighted by Crippen LogP contribution is 2.22. The number of hydrogen-bond donors (Lipinski definition) is 2. The zero-order valence-electron chi connectivity index (χ0n) is 8.23. The molecular formula is C10H7F3O4. The third-order valence-corrected chi connectivity index (χ3v) is 1.63. The van der Waals surface area contributed by atoms with Gasteiger partial charge in [-0.15, -0.1) is 13.2 Å². The van der Waals surface area contributed by atoms with Crippen molar-refractivity contribution in [3.63, 3.8) is 0 Å². The summed E-state index contributed by atoms with van der Waals surface area (Å²) in [6, 6.07) is 4.91. The summed E-state index contributed by atoms with van der Waals surface area (Å²) in [5, 5.41) is 17.4. The Hall–Kier alpha value is -2.18. The van der Waals surface area contributed by atoms with Crippen molar-refractivity contribution in [2.45, 2.75) is 6.36 Å². The summed E-state index contributed by atoms with van der Waals surface area (Å²) in [4.78, 5) is 10.5. The standard InChI is InChI=1S/C10H7F3O4/c11-10(12,13)17-8(9(15)16)5-6-1-3-7(14)4-2-6/h1-5,14H,(H,15,16)/b8-5-. The molecule has 0 aliphatic heterocycles. The molecule has 0 atom stereocenters. The Morgan fingerprint density at radius 3 is 2.18 bits per heavy atom. The molecule has 4 nitrogen and oxygen atoms in total. The van der Waals surface area contributed by atoms with Crippen molar-refractivity contribution in [3.05, 3.63) is 35.6 Å². The Morgan fingerprint density at radius 1 is 1.24 bits per heavy atom. The van der Waals surface area contributed by atoms with Crippen molar-refractivity contribution in [3.8, 4) is 5.75 Å². The largest absolute Gasteiger partial charge is 0.573 e. The predicted molar refractivity (Wildman–Crippen MR) is 50.9 cm³/mol. The molecular weight excluding hydrogens is 241 g/mol. The molecule has 0 radical (unpaired) electrons. The smallest absolute Gasteiger partial charge is 0.508 e. The molecule has 7 heteroatoms. The number of aromatic hydroxyl groups is 1. The van der Waals surface area contributed by atoms with E-state index in [1.54, 1.807) is 0 Å². The van der Waals surface area contributed by atoms with Gasteiger partial charge in [-0.25, -0.2) is 4.79 Å². The molecule has 0 aliphatic rings. The molecule has 0 unspecified atom stereocenters. The van der Waals surface area contributed by atoms with Gasteiger partial charge in [-0.05, 0) is 23.8 Å². The molecule has 0 fully saturated rings. The predicted octanol–water partition coefficient (Wildman–Crippen LogP) is 2.35. The first-order valence-electron chi connectivity index (χ1n) is 4.28. The maximum atomic E-state index is 11.9. The van der Waals surface area contributed by atoms with Crippen LogP contribution in [0.3, 0.4) is 0 Å². The minimum absolute atomic E-state index is 0.0873. The summed E-state index contributed by atoms with van der Waals surface area (Å²) in [5.41, 5.74) is 0.157. The first-order chi connectivity index (χ1) is 7.78. The number of phenolic OH excluding ortho intramolecular Hbond substituents is 1. The second kappa shape index (κ2) is 4.77. The number of aliphatic carboxylic acids is 1. The van der Waals surface area contributed by atoms with Crippen molar-refractivity contribution in [2.75, 3.05) is 0 Å². The number of phenols is 1. The molecule has 0 spiro atoms. The third kappa shape index (κ3) is 4.45. The van der Waals surface area contributed by atoms with E-state index in [-0.39, 0.29) is 11.3 Å². The summed E-state index contributed by atoms with van der Waals surface area (Å²) < 4.78 is 38.9. The Bertz CT molecular complexity index is 434. The van der Waals surface area contributed by atoms with Gasteiger partial charge >= 0.3 is 12.3 Å². The lowest BCUT2D eigenvalue weighted by Crippen LogP contribution is -2.17. The van der Waals surface area contributed by atoms with Gasteiger partial charge in [-0.2, -0.15) is 0 Å². The van der Waals surface area contributed by atoms with E-state index in [2.05, 4.69) is 4.74 Å². The molecule has 0 aliphatic carbocycles. The molecule has 92 valence electrons. The van der Waals surface area contributed by atoms with Crippen molar-refractivity contribution >= 4 is 12.0 Å². The van der Waals surface area contributed by atoms with Crippen LogP contribution in [0.2, 0.25) is 0 Å². The van der Waals surface area contributed by atoms with Gasteiger partial charge in [-0.1, -0.05) is 12.1 Å². The molecule has 0 saturated carbocycles. The highest BCUT2D eigenvalue weighted by molar-refractivity contribution is 5.89. The SMILES string of the molecule is O=C(O)/C(=C/c1ccc(O)cc1)OC(F)(F)F. The van der Waals surface area contributed by atoms with Gasteiger partial charge in [0, 0.05) is 0 Å². The molecule has 1 rings (SSSR count). The topological polar surface area (TPSA) is 66.8 Å². The summed E-state index contributed by atoms with van der Waals surface area (Å²) in [6.45, 7) is 0. The van der Waals surface area contributed by atoms with Crippen molar-refractivity contribution in [1.82, 2.24) is 0 Å². The summed E-state index contributed by atoms with van der Waals surface area (Å²) in [5.74, 6) is -3.17. The van der Waals surface area contributed by atoms with Gasteiger partial charge < -0.3 is 14.9 Å². The zero-order chi connectivity index (χ0) is 13.1. The minimum Gasteiger partial charge on any atom is -0.508 e. The molecule has 1 aromatic carbocycles. The van der Waals surface area contributed by atoms with Crippen LogP contribution in [0, 0.1) is 0 Å². The summed E-state index contributed by atoms with van der Waals surface area (Å²) in [6.07, 6.45) is -4.36. The summed E-state index contributed by atoms with van der Waals surface area (Å²) >= 11 is 0. The monoisotopic (exact) mass is 248 g/mol. The number of carbonyl (C=O) groups is 1. The first-order valence-corrected chi connectivity index (χ1v) is 4.28. The van der Waals surface area contributed by atoms with E-state index in [0.29, 0.717) is 6.08 Å². The van der Waals surface area contributed by atoms with Crippen LogP contribution in [0.1, 0.15) is 5.56 Å². The average molecular weight is 248 g/mol. The second-order valence-corrected chi connectivity index (χ2v) is 2.95. The van der Waals surface area contributed by atoms with E-state index in [1.807, 2.05) is 0 Å². The van der Waals surface area contributed by atoms with Gasteiger partial charge in [0.1, 0.15) is 5.75 Å².